The molecule has 0 bridgehead atoms. The van der Waals surface area contributed by atoms with E-state index in [4.69, 9.17) is 4.98 Å². The fourth-order valence-electron chi connectivity index (χ4n) is 5.52. The number of halogens is 2. The fraction of sp³-hybridized carbons (Fsp3) is 0.171. The third-order valence-electron chi connectivity index (χ3n) is 7.82. The molecule has 5 heterocycles. The van der Waals surface area contributed by atoms with Crippen LogP contribution in [-0.2, 0) is 13.1 Å². The Bertz CT molecular complexity index is 2180. The van der Waals surface area contributed by atoms with Crippen molar-refractivity contribution in [3.63, 3.8) is 0 Å². The molecule has 0 aliphatic heterocycles. The number of anilines is 1. The second-order valence-corrected chi connectivity index (χ2v) is 11.6. The average Bonchev–Trinajstić information content (AvgIpc) is 3.70. The zero-order valence-electron chi connectivity index (χ0n) is 25.9. The Balaban J connectivity index is 1.20. The number of rotatable bonds is 11. The van der Waals surface area contributed by atoms with Crippen molar-refractivity contribution in [2.24, 2.45) is 0 Å². The molecule has 0 aliphatic carbocycles. The van der Waals surface area contributed by atoms with Gasteiger partial charge in [0, 0.05) is 73.3 Å². The number of imidazole rings is 1. The van der Waals surface area contributed by atoms with Crippen LogP contribution in [0.4, 0.5) is 14.5 Å². The van der Waals surface area contributed by atoms with Crippen LogP contribution in [0.1, 0.15) is 11.1 Å². The van der Waals surface area contributed by atoms with Gasteiger partial charge in [-0.05, 0) is 55.6 Å². The molecule has 2 aromatic carbocycles. The molecule has 12 heteroatoms. The minimum Gasteiger partial charge on any atom is -0.384 e. The summed E-state index contributed by atoms with van der Waals surface area (Å²) in [7, 11) is 3.96. The van der Waals surface area contributed by atoms with E-state index in [0.717, 1.165) is 12.1 Å². The maximum Gasteiger partial charge on any atom is 0.184 e. The van der Waals surface area contributed by atoms with Crippen LogP contribution < -0.4 is 10.6 Å². The van der Waals surface area contributed by atoms with Crippen LogP contribution >= 0.6 is 0 Å². The van der Waals surface area contributed by atoms with E-state index in [1.807, 2.05) is 49.3 Å². The highest BCUT2D eigenvalue weighted by Crippen LogP contribution is 2.34. The molecule has 0 atom stereocenters. The van der Waals surface area contributed by atoms with Gasteiger partial charge in [0.1, 0.15) is 22.8 Å². The van der Waals surface area contributed by atoms with E-state index in [9.17, 15) is 4.39 Å². The second kappa shape index (κ2) is 13.0. The lowest BCUT2D eigenvalue weighted by molar-refractivity contribution is 0.425. The number of aromatic nitrogens is 7. The molecular formula is C35H32F2N10. The highest BCUT2D eigenvalue weighted by molar-refractivity contribution is 5.96. The normalized spacial score (nSPS) is 11.6. The number of pyridine rings is 3. The van der Waals surface area contributed by atoms with E-state index in [1.165, 1.54) is 23.9 Å². The molecule has 7 rings (SSSR count). The zero-order chi connectivity index (χ0) is 32.3. The van der Waals surface area contributed by atoms with Crippen molar-refractivity contribution in [2.75, 3.05) is 32.5 Å². The van der Waals surface area contributed by atoms with Crippen LogP contribution in [0.15, 0.2) is 85.5 Å². The van der Waals surface area contributed by atoms with Gasteiger partial charge >= 0.3 is 0 Å². The van der Waals surface area contributed by atoms with Crippen LogP contribution in [0.2, 0.25) is 0 Å². The number of nitrogens with one attached hydrogen (secondary N) is 4. The summed E-state index contributed by atoms with van der Waals surface area (Å²) in [5, 5.41) is 14.0. The maximum absolute atomic E-state index is 16.3. The second-order valence-electron chi connectivity index (χ2n) is 11.6. The highest BCUT2D eigenvalue weighted by atomic mass is 19.1. The molecule has 236 valence electrons. The largest absolute Gasteiger partial charge is 0.384 e. The van der Waals surface area contributed by atoms with Crippen molar-refractivity contribution in [3.8, 4) is 33.9 Å². The predicted octanol–water partition coefficient (Wildman–Crippen LogP) is 6.17. The average molecular weight is 631 g/mol. The molecule has 7 aromatic rings. The molecule has 5 aromatic heterocycles. The van der Waals surface area contributed by atoms with Gasteiger partial charge in [-0.1, -0.05) is 30.3 Å². The third-order valence-corrected chi connectivity index (χ3v) is 7.82. The molecule has 47 heavy (non-hydrogen) atoms. The number of benzene rings is 2. The van der Waals surface area contributed by atoms with Crippen molar-refractivity contribution in [1.29, 1.82) is 0 Å². The van der Waals surface area contributed by atoms with Gasteiger partial charge in [-0.2, -0.15) is 5.10 Å². The Morgan fingerprint density at radius 2 is 1.72 bits per heavy atom. The van der Waals surface area contributed by atoms with Gasteiger partial charge in [0.2, 0.25) is 0 Å². The summed E-state index contributed by atoms with van der Waals surface area (Å²) in [6.07, 6.45) is 6.48. The smallest absolute Gasteiger partial charge is 0.184 e. The number of hydrogen-bond donors (Lipinski definition) is 4. The Morgan fingerprint density at radius 1 is 0.872 bits per heavy atom. The molecule has 0 amide bonds. The number of aromatic amines is 2. The van der Waals surface area contributed by atoms with Crippen molar-refractivity contribution >= 4 is 27.8 Å². The molecule has 0 saturated carbocycles. The molecule has 4 N–H and O–H groups in total. The van der Waals surface area contributed by atoms with Crippen molar-refractivity contribution in [3.05, 3.63) is 108 Å². The van der Waals surface area contributed by atoms with Gasteiger partial charge in [0.25, 0.3) is 0 Å². The molecule has 0 radical (unpaired) electrons. The first-order chi connectivity index (χ1) is 22.9. The first-order valence-corrected chi connectivity index (χ1v) is 15.2. The minimum atomic E-state index is -0.493. The summed E-state index contributed by atoms with van der Waals surface area (Å²) in [6, 6.07) is 18.5. The van der Waals surface area contributed by atoms with Gasteiger partial charge < -0.3 is 20.5 Å². The first-order valence-electron chi connectivity index (χ1n) is 15.2. The lowest BCUT2D eigenvalue weighted by Gasteiger charge is -2.12. The van der Waals surface area contributed by atoms with E-state index in [-0.39, 0.29) is 11.0 Å². The summed E-state index contributed by atoms with van der Waals surface area (Å²) in [6.45, 7) is 2.72. The molecule has 10 nitrogen and oxygen atoms in total. The van der Waals surface area contributed by atoms with Crippen LogP contribution in [0.5, 0.6) is 0 Å². The lowest BCUT2D eigenvalue weighted by Crippen LogP contribution is -2.20. The summed E-state index contributed by atoms with van der Waals surface area (Å²) in [4.78, 5) is 23.4. The van der Waals surface area contributed by atoms with Crippen LogP contribution in [0, 0.1) is 11.6 Å². The number of H-pyrrole nitrogens is 2. The van der Waals surface area contributed by atoms with Crippen molar-refractivity contribution < 1.29 is 8.78 Å². The Hall–Kier alpha value is -5.59. The standard InChI is InChI=1S/C35H32F2N10/c1-47(2)11-10-40-26-14-23(13-25(36)15-26)31-32-28(8-9-41-31)43-35(44-32)33-29-30(37)27(20-42-34(29)46-45-33)24-12-22(18-39-19-24)17-38-16-21-6-4-3-5-7-21/h3-9,12-15,18-20,38,40H,10-11,16-17H2,1-2H3,(H,43,44)(H,42,45,46). The van der Waals surface area contributed by atoms with Crippen molar-refractivity contribution in [1.82, 2.24) is 45.3 Å². The molecule has 0 spiro atoms. The number of fused-ring (bicyclic) bond motifs is 2. The summed E-state index contributed by atoms with van der Waals surface area (Å²) in [5.74, 6) is -0.533. The maximum atomic E-state index is 16.3. The van der Waals surface area contributed by atoms with Crippen LogP contribution in [0.25, 0.3) is 56.0 Å². The number of nitrogens with zero attached hydrogens (tertiary/aromatic N) is 6. The molecule has 0 unspecified atom stereocenters. The van der Waals surface area contributed by atoms with Gasteiger partial charge in [-0.3, -0.25) is 15.1 Å². The summed E-state index contributed by atoms with van der Waals surface area (Å²) in [5.41, 5.74) is 6.40. The lowest BCUT2D eigenvalue weighted by atomic mass is 10.1. The highest BCUT2D eigenvalue weighted by Gasteiger charge is 2.21. The predicted molar refractivity (Wildman–Crippen MR) is 179 cm³/mol. The van der Waals surface area contributed by atoms with E-state index < -0.39 is 11.6 Å². The summed E-state index contributed by atoms with van der Waals surface area (Å²) < 4.78 is 31.0. The quantitative estimate of drug-likeness (QED) is 0.134. The Morgan fingerprint density at radius 3 is 2.57 bits per heavy atom. The van der Waals surface area contributed by atoms with Gasteiger partial charge in [-0.15, -0.1) is 0 Å². The SMILES string of the molecule is CN(C)CCNc1cc(F)cc(-c2nccc3[nH]c(-c4[nH]nc5ncc(-c6cncc(CNCc7ccccc7)c6)c(F)c45)nc23)c1. The number of likely N-dealkylation sites (N-methyl/N-ethyl adjacent to an activating group) is 1. The third kappa shape index (κ3) is 6.41. The Labute approximate surface area is 269 Å². The van der Waals surface area contributed by atoms with E-state index >= 15 is 4.39 Å². The summed E-state index contributed by atoms with van der Waals surface area (Å²) >= 11 is 0. The van der Waals surface area contributed by atoms with Gasteiger partial charge in [-0.25, -0.2) is 18.7 Å². The molecule has 0 aliphatic rings. The minimum absolute atomic E-state index is 0.196. The van der Waals surface area contributed by atoms with Crippen LogP contribution in [0.3, 0.4) is 0 Å². The van der Waals surface area contributed by atoms with Gasteiger partial charge in [0.15, 0.2) is 11.5 Å². The monoisotopic (exact) mass is 630 g/mol. The molecular weight excluding hydrogens is 598 g/mol. The topological polar surface area (TPSA) is 123 Å². The van der Waals surface area contributed by atoms with E-state index in [1.54, 1.807) is 24.7 Å². The van der Waals surface area contributed by atoms with E-state index in [2.05, 4.69) is 52.9 Å². The van der Waals surface area contributed by atoms with Gasteiger partial charge in [0.05, 0.1) is 16.6 Å². The van der Waals surface area contributed by atoms with Crippen molar-refractivity contribution in [2.45, 2.75) is 13.1 Å². The Kier molecular flexibility index (Phi) is 8.34. The van der Waals surface area contributed by atoms with E-state index in [0.29, 0.717) is 70.3 Å². The van der Waals surface area contributed by atoms with Crippen LogP contribution in [-0.4, -0.2) is 67.2 Å². The molecule has 0 saturated heterocycles. The number of hydrogen-bond acceptors (Lipinski definition) is 8. The first kappa shape index (κ1) is 30.1. The zero-order valence-corrected chi connectivity index (χ0v) is 25.9. The fourth-order valence-corrected chi connectivity index (χ4v) is 5.52. The molecule has 0 fully saturated rings.